The molecule has 2 rings (SSSR count). The van der Waals surface area contributed by atoms with Gasteiger partial charge in [0.1, 0.15) is 6.54 Å². The van der Waals surface area contributed by atoms with Gasteiger partial charge in [-0.05, 0) is 35.2 Å². The fraction of sp³-hybridized carbons (Fsp3) is 0.316. The van der Waals surface area contributed by atoms with Crippen molar-refractivity contribution in [2.75, 3.05) is 22.4 Å². The summed E-state index contributed by atoms with van der Waals surface area (Å²) in [5.41, 5.74) is 1.62. The first kappa shape index (κ1) is 22.8. The first-order chi connectivity index (χ1) is 12.8. The SMILES string of the molecule is CC(C)(C)c1ccc(N(CC(=O)Nc2cc(Cl)c(Cl)cc2Cl)S(C)(=O)=O)cc1. The molecule has 0 fully saturated rings. The van der Waals surface area contributed by atoms with Crippen LogP contribution in [0.1, 0.15) is 26.3 Å². The Labute approximate surface area is 180 Å². The molecule has 0 heterocycles. The third-order valence-corrected chi connectivity index (χ3v) is 6.17. The summed E-state index contributed by atoms with van der Waals surface area (Å²) >= 11 is 17.9. The topological polar surface area (TPSA) is 66.5 Å². The summed E-state index contributed by atoms with van der Waals surface area (Å²) in [6.45, 7) is 5.77. The fourth-order valence-electron chi connectivity index (χ4n) is 2.47. The Bertz CT molecular complexity index is 985. The van der Waals surface area contributed by atoms with E-state index in [1.165, 1.54) is 12.1 Å². The predicted octanol–water partition coefficient (Wildman–Crippen LogP) is 5.35. The van der Waals surface area contributed by atoms with Crippen molar-refractivity contribution in [1.82, 2.24) is 0 Å². The van der Waals surface area contributed by atoms with Gasteiger partial charge in [-0.15, -0.1) is 0 Å². The van der Waals surface area contributed by atoms with Crippen LogP contribution in [0.2, 0.25) is 15.1 Å². The van der Waals surface area contributed by atoms with Gasteiger partial charge in [0.15, 0.2) is 0 Å². The number of halogens is 3. The summed E-state index contributed by atoms with van der Waals surface area (Å²) in [6.07, 6.45) is 1.05. The molecule has 0 aromatic heterocycles. The number of hydrogen-bond acceptors (Lipinski definition) is 3. The molecular weight excluding hydrogens is 443 g/mol. The number of amides is 1. The van der Waals surface area contributed by atoms with E-state index < -0.39 is 22.5 Å². The molecular formula is C19H21Cl3N2O3S. The van der Waals surface area contributed by atoms with Gasteiger partial charge in [-0.3, -0.25) is 9.10 Å². The van der Waals surface area contributed by atoms with Crippen molar-refractivity contribution in [1.29, 1.82) is 0 Å². The van der Waals surface area contributed by atoms with Crippen LogP contribution in [-0.2, 0) is 20.2 Å². The Balaban J connectivity index is 2.26. The van der Waals surface area contributed by atoms with E-state index in [-0.39, 0.29) is 26.2 Å². The highest BCUT2D eigenvalue weighted by Crippen LogP contribution is 2.32. The van der Waals surface area contributed by atoms with Crippen molar-refractivity contribution in [3.8, 4) is 0 Å². The zero-order valence-corrected chi connectivity index (χ0v) is 19.0. The largest absolute Gasteiger partial charge is 0.323 e. The second-order valence-electron chi connectivity index (χ2n) is 7.36. The number of nitrogens with one attached hydrogen (secondary N) is 1. The summed E-state index contributed by atoms with van der Waals surface area (Å²) < 4.78 is 25.5. The number of hydrogen-bond donors (Lipinski definition) is 1. The Morgan fingerprint density at radius 2 is 1.54 bits per heavy atom. The average Bonchev–Trinajstić information content (AvgIpc) is 2.56. The summed E-state index contributed by atoms with van der Waals surface area (Å²) in [7, 11) is -3.69. The Morgan fingerprint density at radius 3 is 2.04 bits per heavy atom. The van der Waals surface area contributed by atoms with Gasteiger partial charge in [0, 0.05) is 0 Å². The van der Waals surface area contributed by atoms with E-state index in [1.54, 1.807) is 12.1 Å². The minimum absolute atomic E-state index is 0.0730. The second kappa shape index (κ2) is 8.49. The number of nitrogens with zero attached hydrogens (tertiary/aromatic N) is 1. The van der Waals surface area contributed by atoms with Crippen LogP contribution in [-0.4, -0.2) is 27.1 Å². The normalized spacial score (nSPS) is 12.0. The quantitative estimate of drug-likeness (QED) is 0.608. The van der Waals surface area contributed by atoms with E-state index in [0.717, 1.165) is 16.1 Å². The summed E-state index contributed by atoms with van der Waals surface area (Å²) in [6, 6.07) is 9.87. The first-order valence-corrected chi connectivity index (χ1v) is 11.3. The van der Waals surface area contributed by atoms with Gasteiger partial charge in [0.2, 0.25) is 15.9 Å². The van der Waals surface area contributed by atoms with Crippen LogP contribution in [0.25, 0.3) is 0 Å². The van der Waals surface area contributed by atoms with Gasteiger partial charge in [-0.2, -0.15) is 0 Å². The summed E-state index contributed by atoms with van der Waals surface area (Å²) in [5.74, 6) is -0.564. The molecule has 152 valence electrons. The van der Waals surface area contributed by atoms with E-state index in [0.29, 0.717) is 5.69 Å². The van der Waals surface area contributed by atoms with Crippen LogP contribution < -0.4 is 9.62 Å². The molecule has 0 unspecified atom stereocenters. The molecule has 28 heavy (non-hydrogen) atoms. The Hall–Kier alpha value is -1.47. The molecule has 1 amide bonds. The monoisotopic (exact) mass is 462 g/mol. The third kappa shape index (κ3) is 5.77. The molecule has 2 aromatic rings. The molecule has 0 bridgehead atoms. The van der Waals surface area contributed by atoms with Gasteiger partial charge in [0.25, 0.3) is 0 Å². The lowest BCUT2D eigenvalue weighted by Gasteiger charge is -2.24. The maximum Gasteiger partial charge on any atom is 0.245 e. The Morgan fingerprint density at radius 1 is 1.00 bits per heavy atom. The number of anilines is 2. The number of benzene rings is 2. The molecule has 0 aliphatic heterocycles. The molecule has 1 N–H and O–H groups in total. The van der Waals surface area contributed by atoms with Crippen molar-refractivity contribution < 1.29 is 13.2 Å². The molecule has 0 radical (unpaired) electrons. The highest BCUT2D eigenvalue weighted by molar-refractivity contribution is 7.92. The van der Waals surface area contributed by atoms with Crippen molar-refractivity contribution in [2.24, 2.45) is 0 Å². The van der Waals surface area contributed by atoms with E-state index in [4.69, 9.17) is 34.8 Å². The maximum atomic E-state index is 12.5. The molecule has 0 spiro atoms. The van der Waals surface area contributed by atoms with E-state index in [2.05, 4.69) is 26.1 Å². The molecule has 0 aliphatic carbocycles. The highest BCUT2D eigenvalue weighted by Gasteiger charge is 2.22. The highest BCUT2D eigenvalue weighted by atomic mass is 35.5. The smallest absolute Gasteiger partial charge is 0.245 e. The second-order valence-corrected chi connectivity index (χ2v) is 10.5. The van der Waals surface area contributed by atoms with Gasteiger partial charge < -0.3 is 5.32 Å². The van der Waals surface area contributed by atoms with E-state index >= 15 is 0 Å². The van der Waals surface area contributed by atoms with Crippen LogP contribution in [0.4, 0.5) is 11.4 Å². The van der Waals surface area contributed by atoms with Crippen LogP contribution in [0.5, 0.6) is 0 Å². The fourth-order valence-corrected chi connectivity index (χ4v) is 3.92. The number of rotatable bonds is 5. The zero-order chi connectivity index (χ0) is 21.3. The van der Waals surface area contributed by atoms with Crippen LogP contribution >= 0.6 is 34.8 Å². The lowest BCUT2D eigenvalue weighted by molar-refractivity contribution is -0.114. The summed E-state index contributed by atoms with van der Waals surface area (Å²) in [4.78, 5) is 12.5. The van der Waals surface area contributed by atoms with Crippen molar-refractivity contribution in [3.05, 3.63) is 57.0 Å². The first-order valence-electron chi connectivity index (χ1n) is 8.31. The minimum Gasteiger partial charge on any atom is -0.323 e. The molecule has 0 saturated heterocycles. The predicted molar refractivity (Wildman–Crippen MR) is 117 cm³/mol. The van der Waals surface area contributed by atoms with E-state index in [1.807, 2.05) is 12.1 Å². The molecule has 5 nitrogen and oxygen atoms in total. The lowest BCUT2D eigenvalue weighted by atomic mass is 9.87. The van der Waals surface area contributed by atoms with Crippen LogP contribution in [0.3, 0.4) is 0 Å². The van der Waals surface area contributed by atoms with E-state index in [9.17, 15) is 13.2 Å². The van der Waals surface area contributed by atoms with Crippen molar-refractivity contribution in [3.63, 3.8) is 0 Å². The third-order valence-electron chi connectivity index (χ3n) is 3.99. The minimum atomic E-state index is -3.69. The van der Waals surface area contributed by atoms with Crippen LogP contribution in [0, 0.1) is 0 Å². The lowest BCUT2D eigenvalue weighted by Crippen LogP contribution is -2.37. The Kier molecular flexibility index (Phi) is 6.92. The number of carbonyl (C=O) groups is 1. The van der Waals surface area contributed by atoms with Gasteiger partial charge in [-0.1, -0.05) is 67.7 Å². The summed E-state index contributed by atoms with van der Waals surface area (Å²) in [5, 5.41) is 3.24. The molecule has 0 saturated carbocycles. The van der Waals surface area contributed by atoms with Gasteiger partial charge >= 0.3 is 0 Å². The van der Waals surface area contributed by atoms with Crippen molar-refractivity contribution in [2.45, 2.75) is 26.2 Å². The number of carbonyl (C=O) groups excluding carboxylic acids is 1. The maximum absolute atomic E-state index is 12.5. The average molecular weight is 464 g/mol. The molecule has 9 heteroatoms. The molecule has 0 atom stereocenters. The standard InChI is InChI=1S/C19H21Cl3N2O3S/c1-19(2,3)12-5-7-13(8-6-12)24(28(4,26)27)11-18(25)23-17-10-15(21)14(20)9-16(17)22/h5-10H,11H2,1-4H3,(H,23,25). The molecule has 0 aliphatic rings. The zero-order valence-electron chi connectivity index (χ0n) is 15.9. The van der Waals surface area contributed by atoms with Gasteiger partial charge in [0.05, 0.1) is 32.7 Å². The van der Waals surface area contributed by atoms with Crippen LogP contribution in [0.15, 0.2) is 36.4 Å². The molecule has 2 aromatic carbocycles. The van der Waals surface area contributed by atoms with Crippen molar-refractivity contribution >= 4 is 62.1 Å². The number of sulfonamides is 1. The van der Waals surface area contributed by atoms with Gasteiger partial charge in [-0.25, -0.2) is 8.42 Å².